The van der Waals surface area contributed by atoms with Crippen molar-refractivity contribution in [3.63, 3.8) is 0 Å². The van der Waals surface area contributed by atoms with Crippen LogP contribution in [0.15, 0.2) is 146 Å². The Labute approximate surface area is 273 Å². The molecule has 11 rings (SSSR count). The maximum atomic E-state index is 6.76. The van der Waals surface area contributed by atoms with Crippen molar-refractivity contribution in [3.05, 3.63) is 146 Å². The van der Waals surface area contributed by atoms with Gasteiger partial charge in [-0.15, -0.1) is 11.3 Å². The smallest absolute Gasteiger partial charge is 0.155 e. The monoisotopic (exact) mass is 620 g/mol. The summed E-state index contributed by atoms with van der Waals surface area (Å²) in [6.07, 6.45) is 0. The summed E-state index contributed by atoms with van der Waals surface area (Å²) in [4.78, 5) is 2.41. The molecule has 0 amide bonds. The van der Waals surface area contributed by atoms with E-state index in [1.165, 1.54) is 31.3 Å². The van der Waals surface area contributed by atoms with E-state index in [-0.39, 0.29) is 0 Å². The lowest BCUT2D eigenvalue weighted by molar-refractivity contribution is 0.444. The van der Waals surface area contributed by atoms with Crippen LogP contribution in [0.25, 0.3) is 58.8 Å². The van der Waals surface area contributed by atoms with E-state index in [1.807, 2.05) is 29.5 Å². The summed E-state index contributed by atoms with van der Waals surface area (Å²) < 4.78 is 18.1. The largest absolute Gasteiger partial charge is 0.453 e. The van der Waals surface area contributed by atoms with E-state index in [4.69, 9.17) is 9.47 Å². The Morgan fingerprint density at radius 2 is 1.15 bits per heavy atom. The second-order valence-electron chi connectivity index (χ2n) is 12.1. The minimum Gasteiger partial charge on any atom is -0.453 e. The number of ether oxygens (including phenoxy) is 2. The quantitative estimate of drug-likeness (QED) is 0.196. The molecule has 7 aromatic carbocycles. The van der Waals surface area contributed by atoms with Gasteiger partial charge in [-0.3, -0.25) is 4.57 Å². The highest BCUT2D eigenvalue weighted by Gasteiger charge is 2.33. The summed E-state index contributed by atoms with van der Waals surface area (Å²) in [5, 5.41) is 4.78. The van der Waals surface area contributed by atoms with Gasteiger partial charge in [-0.25, -0.2) is 0 Å². The highest BCUT2D eigenvalue weighted by Crippen LogP contribution is 2.55. The SMILES string of the molecule is c1ccc(-c2cccc(N(c3cc4c5c(c3)c3cccc6c3n5-c3c(cccc3O4)O6)c3cccc4sc5ccccc5c34)c2)cc1. The lowest BCUT2D eigenvalue weighted by Crippen LogP contribution is -2.12. The number of rotatable bonds is 4. The number of nitrogens with zero attached hydrogens (tertiary/aromatic N) is 2. The maximum absolute atomic E-state index is 6.76. The third-order valence-electron chi connectivity index (χ3n) is 9.51. The van der Waals surface area contributed by atoms with Crippen LogP contribution in [0.2, 0.25) is 0 Å². The van der Waals surface area contributed by atoms with Gasteiger partial charge >= 0.3 is 0 Å². The zero-order valence-electron chi connectivity index (χ0n) is 25.0. The van der Waals surface area contributed by atoms with Gasteiger partial charge in [-0.2, -0.15) is 0 Å². The van der Waals surface area contributed by atoms with Gasteiger partial charge in [0.25, 0.3) is 0 Å². The molecular weight excluding hydrogens is 597 g/mol. The Bertz CT molecular complexity index is 2760. The molecule has 2 aliphatic rings. The molecule has 0 saturated heterocycles. The molecule has 5 heteroatoms. The highest BCUT2D eigenvalue weighted by atomic mass is 32.1. The van der Waals surface area contributed by atoms with E-state index in [2.05, 4.69) is 137 Å². The van der Waals surface area contributed by atoms with Gasteiger partial charge in [0, 0.05) is 42.7 Å². The zero-order chi connectivity index (χ0) is 30.6. The average Bonchev–Trinajstić information content (AvgIpc) is 3.67. The molecular formula is C42H24N2O2S. The van der Waals surface area contributed by atoms with Crippen LogP contribution in [0.1, 0.15) is 0 Å². The Balaban J connectivity index is 1.24. The Hall–Kier alpha value is -6.04. The number of benzene rings is 7. The van der Waals surface area contributed by atoms with Crippen molar-refractivity contribution < 1.29 is 9.47 Å². The minimum absolute atomic E-state index is 0.795. The molecule has 4 nitrogen and oxygen atoms in total. The highest BCUT2D eigenvalue weighted by molar-refractivity contribution is 7.26. The van der Waals surface area contributed by atoms with Crippen LogP contribution in [0, 0.1) is 0 Å². The fourth-order valence-corrected chi connectivity index (χ4v) is 8.70. The predicted molar refractivity (Wildman–Crippen MR) is 194 cm³/mol. The second-order valence-corrected chi connectivity index (χ2v) is 13.2. The van der Waals surface area contributed by atoms with E-state index in [0.29, 0.717) is 0 Å². The maximum Gasteiger partial charge on any atom is 0.155 e. The molecule has 2 aromatic heterocycles. The first kappa shape index (κ1) is 25.2. The van der Waals surface area contributed by atoms with Gasteiger partial charge in [-0.05, 0) is 65.7 Å². The van der Waals surface area contributed by atoms with Crippen molar-refractivity contribution in [2.75, 3.05) is 4.90 Å². The number of para-hydroxylation sites is 2. The molecule has 0 radical (unpaired) electrons. The molecule has 0 saturated carbocycles. The summed E-state index contributed by atoms with van der Waals surface area (Å²) in [7, 11) is 0. The van der Waals surface area contributed by atoms with Crippen LogP contribution < -0.4 is 14.4 Å². The topological polar surface area (TPSA) is 26.6 Å². The van der Waals surface area contributed by atoms with E-state index in [9.17, 15) is 0 Å². The average molecular weight is 621 g/mol. The lowest BCUT2D eigenvalue weighted by atomic mass is 10.0. The minimum atomic E-state index is 0.795. The molecule has 0 atom stereocenters. The van der Waals surface area contributed by atoms with Gasteiger partial charge in [-0.1, -0.05) is 84.9 Å². The first-order valence-electron chi connectivity index (χ1n) is 15.8. The van der Waals surface area contributed by atoms with Gasteiger partial charge in [0.1, 0.15) is 5.69 Å². The summed E-state index contributed by atoms with van der Waals surface area (Å²) in [5.41, 5.74) is 8.70. The third-order valence-corrected chi connectivity index (χ3v) is 10.6. The van der Waals surface area contributed by atoms with E-state index >= 15 is 0 Å². The van der Waals surface area contributed by atoms with Crippen LogP contribution in [0.3, 0.4) is 0 Å². The van der Waals surface area contributed by atoms with Crippen LogP contribution in [0.5, 0.6) is 23.0 Å². The van der Waals surface area contributed by atoms with Crippen LogP contribution in [-0.4, -0.2) is 4.57 Å². The van der Waals surface area contributed by atoms with Gasteiger partial charge in [0.2, 0.25) is 0 Å². The van der Waals surface area contributed by atoms with Crippen LogP contribution >= 0.6 is 11.3 Å². The first-order valence-corrected chi connectivity index (χ1v) is 16.6. The number of hydrogen-bond acceptors (Lipinski definition) is 4. The number of hydrogen-bond donors (Lipinski definition) is 0. The molecule has 220 valence electrons. The fourth-order valence-electron chi connectivity index (χ4n) is 7.57. The number of thiophene rings is 1. The van der Waals surface area contributed by atoms with Crippen molar-refractivity contribution in [2.24, 2.45) is 0 Å². The zero-order valence-corrected chi connectivity index (χ0v) is 25.8. The third kappa shape index (κ3) is 3.46. The van der Waals surface area contributed by atoms with Crippen LogP contribution in [0.4, 0.5) is 17.1 Å². The lowest BCUT2D eigenvalue weighted by Gasteiger charge is -2.29. The van der Waals surface area contributed by atoms with E-state index in [1.54, 1.807) is 0 Å². The number of anilines is 3. The summed E-state index contributed by atoms with van der Waals surface area (Å²) in [6.45, 7) is 0. The molecule has 9 aromatic rings. The Morgan fingerprint density at radius 3 is 2.06 bits per heavy atom. The molecule has 0 aliphatic carbocycles. The van der Waals surface area contributed by atoms with E-state index in [0.717, 1.165) is 67.6 Å². The predicted octanol–water partition coefficient (Wildman–Crippen LogP) is 12.5. The Kier molecular flexibility index (Phi) is 4.96. The van der Waals surface area contributed by atoms with Gasteiger partial charge in [0.15, 0.2) is 23.0 Å². The molecule has 0 bridgehead atoms. The molecule has 47 heavy (non-hydrogen) atoms. The van der Waals surface area contributed by atoms with Gasteiger partial charge < -0.3 is 14.4 Å². The van der Waals surface area contributed by atoms with Crippen molar-refractivity contribution >= 4 is 70.4 Å². The van der Waals surface area contributed by atoms with Crippen molar-refractivity contribution in [1.82, 2.24) is 4.57 Å². The van der Waals surface area contributed by atoms with Crippen molar-refractivity contribution in [3.8, 4) is 39.8 Å². The van der Waals surface area contributed by atoms with Crippen molar-refractivity contribution in [1.29, 1.82) is 0 Å². The molecule has 0 N–H and O–H groups in total. The second kappa shape index (κ2) is 9.25. The van der Waals surface area contributed by atoms with Crippen molar-refractivity contribution in [2.45, 2.75) is 0 Å². The standard InChI is InChI=1S/C42H24N2O2S/c1-2-10-25(11-3-1)26-12-6-13-27(22-26)43(32-16-8-21-38-39(32)30-14-4-5-20-37(30)47-38)28-23-31-29-15-7-17-33-40(29)44-41(31)36(24-28)46-35-19-9-18-34(45-33)42(35)44/h1-24H. The van der Waals surface area contributed by atoms with Gasteiger partial charge in [0.05, 0.1) is 22.4 Å². The number of fused-ring (bicyclic) bond motifs is 4. The van der Waals surface area contributed by atoms with E-state index < -0.39 is 0 Å². The molecule has 4 heterocycles. The molecule has 0 spiro atoms. The number of aromatic nitrogens is 1. The molecule has 0 unspecified atom stereocenters. The summed E-state index contributed by atoms with van der Waals surface area (Å²) in [5.74, 6) is 3.30. The summed E-state index contributed by atoms with van der Waals surface area (Å²) >= 11 is 1.84. The summed E-state index contributed by atoms with van der Waals surface area (Å²) in [6, 6.07) is 51.7. The Morgan fingerprint density at radius 1 is 0.468 bits per heavy atom. The first-order chi connectivity index (χ1) is 23.3. The normalized spacial score (nSPS) is 12.6. The molecule has 0 fully saturated rings. The fraction of sp³-hybridized carbons (Fsp3) is 0. The molecule has 2 aliphatic heterocycles. The van der Waals surface area contributed by atoms with Crippen LogP contribution in [-0.2, 0) is 0 Å².